The van der Waals surface area contributed by atoms with Crippen molar-refractivity contribution in [1.82, 2.24) is 9.80 Å². The van der Waals surface area contributed by atoms with Crippen LogP contribution in [-0.2, 0) is 14.4 Å². The van der Waals surface area contributed by atoms with Gasteiger partial charge in [-0.15, -0.1) is 0 Å². The van der Waals surface area contributed by atoms with Crippen LogP contribution in [0.4, 0.5) is 0 Å². The first-order valence-electron chi connectivity index (χ1n) is 8.55. The molecule has 0 bridgehead atoms. The van der Waals surface area contributed by atoms with Gasteiger partial charge >= 0.3 is 0 Å². The average Bonchev–Trinajstić information content (AvgIpc) is 2.89. The van der Waals surface area contributed by atoms with Gasteiger partial charge in [0.25, 0.3) is 0 Å². The van der Waals surface area contributed by atoms with Crippen molar-refractivity contribution in [2.45, 2.75) is 72.9 Å². The van der Waals surface area contributed by atoms with E-state index >= 15 is 0 Å². The van der Waals surface area contributed by atoms with Crippen LogP contribution in [0.3, 0.4) is 0 Å². The van der Waals surface area contributed by atoms with Crippen molar-refractivity contribution in [3.8, 4) is 0 Å². The lowest BCUT2D eigenvalue weighted by molar-refractivity contribution is -0.150. The van der Waals surface area contributed by atoms with Crippen LogP contribution in [-0.4, -0.2) is 53.1 Å². The number of rotatable bonds is 5. The van der Waals surface area contributed by atoms with Gasteiger partial charge in [-0.2, -0.15) is 0 Å². The summed E-state index contributed by atoms with van der Waals surface area (Å²) in [5, 5.41) is 0. The van der Waals surface area contributed by atoms with E-state index in [9.17, 15) is 14.4 Å². The molecule has 2 amide bonds. The molecule has 1 aliphatic rings. The van der Waals surface area contributed by atoms with E-state index in [0.29, 0.717) is 25.3 Å². The molecule has 0 spiro atoms. The minimum Gasteiger partial charge on any atom is -0.334 e. The first-order valence-corrected chi connectivity index (χ1v) is 8.55. The number of Topliss-reactive ketones (excluding diaryl/α,β-unsaturated/α-hetero) is 1. The van der Waals surface area contributed by atoms with Gasteiger partial charge in [0.05, 0.1) is 6.04 Å². The van der Waals surface area contributed by atoms with Crippen LogP contribution < -0.4 is 0 Å². The number of likely N-dealkylation sites (tertiary alicyclic amines) is 1. The molecule has 1 aliphatic heterocycles. The molecule has 0 aliphatic carbocycles. The monoisotopic (exact) mass is 324 g/mol. The molecule has 0 N–H and O–H groups in total. The summed E-state index contributed by atoms with van der Waals surface area (Å²) in [4.78, 5) is 40.7. The zero-order valence-corrected chi connectivity index (χ0v) is 15.7. The Balaban J connectivity index is 2.93. The number of hydrogen-bond acceptors (Lipinski definition) is 3. The molecule has 1 saturated heterocycles. The minimum atomic E-state index is -0.501. The Labute approximate surface area is 140 Å². The van der Waals surface area contributed by atoms with Crippen molar-refractivity contribution in [2.75, 3.05) is 13.6 Å². The highest BCUT2D eigenvalue weighted by Gasteiger charge is 2.41. The molecule has 1 unspecified atom stereocenters. The average molecular weight is 324 g/mol. The van der Waals surface area contributed by atoms with Gasteiger partial charge < -0.3 is 9.80 Å². The molecule has 0 aromatic heterocycles. The third-order valence-electron chi connectivity index (χ3n) is 4.42. The fourth-order valence-electron chi connectivity index (χ4n) is 3.13. The highest BCUT2D eigenvalue weighted by Crippen LogP contribution is 2.27. The van der Waals surface area contributed by atoms with Crippen LogP contribution in [0.1, 0.15) is 60.8 Å². The molecule has 5 nitrogen and oxygen atoms in total. The van der Waals surface area contributed by atoms with Crippen molar-refractivity contribution < 1.29 is 14.4 Å². The quantitative estimate of drug-likeness (QED) is 0.780. The summed E-state index contributed by atoms with van der Waals surface area (Å²) in [6, 6.07) is -0.838. The van der Waals surface area contributed by atoms with Gasteiger partial charge in [0.2, 0.25) is 11.8 Å². The van der Waals surface area contributed by atoms with Gasteiger partial charge in [-0.25, -0.2) is 0 Å². The molecule has 5 heteroatoms. The van der Waals surface area contributed by atoms with E-state index in [0.717, 1.165) is 6.42 Å². The number of ketones is 1. The number of amides is 2. The molecular formula is C18H32N2O3. The maximum absolute atomic E-state index is 12.9. The number of nitrogens with zero attached hydrogens (tertiary/aromatic N) is 2. The number of carbonyl (C=O) groups is 3. The molecule has 0 saturated carbocycles. The van der Waals surface area contributed by atoms with E-state index in [-0.39, 0.29) is 17.6 Å². The lowest BCUT2D eigenvalue weighted by atomic mass is 9.94. The second-order valence-electron chi connectivity index (χ2n) is 8.11. The Morgan fingerprint density at radius 2 is 1.78 bits per heavy atom. The van der Waals surface area contributed by atoms with Crippen molar-refractivity contribution in [1.29, 1.82) is 0 Å². The van der Waals surface area contributed by atoms with E-state index in [1.165, 1.54) is 6.92 Å². The maximum atomic E-state index is 12.9. The summed E-state index contributed by atoms with van der Waals surface area (Å²) in [7, 11) is 1.69. The molecule has 1 heterocycles. The van der Waals surface area contributed by atoms with Crippen molar-refractivity contribution in [2.24, 2.45) is 11.3 Å². The summed E-state index contributed by atoms with van der Waals surface area (Å²) < 4.78 is 0. The maximum Gasteiger partial charge on any atom is 0.245 e. The minimum absolute atomic E-state index is 0.00115. The summed E-state index contributed by atoms with van der Waals surface area (Å²) in [6.45, 7) is 11.8. The van der Waals surface area contributed by atoms with Crippen LogP contribution >= 0.6 is 0 Å². The molecule has 132 valence electrons. The van der Waals surface area contributed by atoms with Crippen LogP contribution in [0.25, 0.3) is 0 Å². The zero-order chi connectivity index (χ0) is 17.9. The summed E-state index contributed by atoms with van der Waals surface area (Å²) in [6.07, 6.45) is 2.16. The largest absolute Gasteiger partial charge is 0.334 e. The summed E-state index contributed by atoms with van der Waals surface area (Å²) in [5.41, 5.74) is -0.501. The normalized spacial score (nSPS) is 19.8. The van der Waals surface area contributed by atoms with Crippen LogP contribution in [0, 0.1) is 11.3 Å². The van der Waals surface area contributed by atoms with E-state index in [1.54, 1.807) is 16.8 Å². The standard InChI is InChI=1S/C18H32N2O3/c1-12(2)11-15(13(3)21)19(7)16(22)14-9-8-10-20(14)17(23)18(4,5)6/h12,14-15H,8-11H2,1-7H3/t14?,15-/m1/s1. The molecule has 1 rings (SSSR count). The molecule has 1 fully saturated rings. The topological polar surface area (TPSA) is 57.7 Å². The second-order valence-corrected chi connectivity index (χ2v) is 8.11. The number of carbonyl (C=O) groups excluding carboxylic acids is 3. The molecule has 0 aromatic carbocycles. The molecule has 0 radical (unpaired) electrons. The molecule has 2 atom stereocenters. The first-order chi connectivity index (χ1) is 10.5. The number of hydrogen-bond donors (Lipinski definition) is 0. The fourth-order valence-corrected chi connectivity index (χ4v) is 3.13. The van der Waals surface area contributed by atoms with Crippen molar-refractivity contribution in [3.63, 3.8) is 0 Å². The second kappa shape index (κ2) is 7.45. The third-order valence-corrected chi connectivity index (χ3v) is 4.42. The Morgan fingerprint density at radius 3 is 2.22 bits per heavy atom. The Bertz CT molecular complexity index is 465. The smallest absolute Gasteiger partial charge is 0.245 e. The summed E-state index contributed by atoms with van der Waals surface area (Å²) in [5.74, 6) is 0.224. The predicted molar refractivity (Wildman–Crippen MR) is 90.9 cm³/mol. The van der Waals surface area contributed by atoms with Gasteiger partial charge in [0, 0.05) is 19.0 Å². The molecule has 23 heavy (non-hydrogen) atoms. The Morgan fingerprint density at radius 1 is 1.22 bits per heavy atom. The van der Waals surface area contributed by atoms with Crippen molar-refractivity contribution >= 4 is 17.6 Å². The van der Waals surface area contributed by atoms with Gasteiger partial charge in [-0.3, -0.25) is 14.4 Å². The van der Waals surface area contributed by atoms with E-state index in [4.69, 9.17) is 0 Å². The molecular weight excluding hydrogens is 292 g/mol. The lowest BCUT2D eigenvalue weighted by Crippen LogP contribution is -2.53. The molecule has 0 aromatic rings. The highest BCUT2D eigenvalue weighted by atomic mass is 16.2. The van der Waals surface area contributed by atoms with Crippen molar-refractivity contribution in [3.05, 3.63) is 0 Å². The SMILES string of the molecule is CC(=O)[C@@H](CC(C)C)N(C)C(=O)C1CCCN1C(=O)C(C)(C)C. The fraction of sp³-hybridized carbons (Fsp3) is 0.833. The third kappa shape index (κ3) is 4.79. The van der Waals surface area contributed by atoms with E-state index < -0.39 is 17.5 Å². The number of likely N-dealkylation sites (N-methyl/N-ethyl adjacent to an activating group) is 1. The zero-order valence-electron chi connectivity index (χ0n) is 15.7. The van der Waals surface area contributed by atoms with Gasteiger partial charge in [-0.1, -0.05) is 34.6 Å². The predicted octanol–water partition coefficient (Wildman–Crippen LogP) is 2.49. The van der Waals surface area contributed by atoms with E-state index in [2.05, 4.69) is 0 Å². The van der Waals surface area contributed by atoms with Crippen LogP contribution in [0.2, 0.25) is 0 Å². The Kier molecular flexibility index (Phi) is 6.37. The first kappa shape index (κ1) is 19.7. The van der Waals surface area contributed by atoms with Crippen LogP contribution in [0.5, 0.6) is 0 Å². The van der Waals surface area contributed by atoms with Crippen LogP contribution in [0.15, 0.2) is 0 Å². The van der Waals surface area contributed by atoms with Gasteiger partial charge in [-0.05, 0) is 32.1 Å². The Hall–Kier alpha value is -1.39. The summed E-state index contributed by atoms with van der Waals surface area (Å²) >= 11 is 0. The lowest BCUT2D eigenvalue weighted by Gasteiger charge is -2.35. The van der Waals surface area contributed by atoms with Gasteiger partial charge in [0.15, 0.2) is 5.78 Å². The van der Waals surface area contributed by atoms with E-state index in [1.807, 2.05) is 34.6 Å². The highest BCUT2D eigenvalue weighted by molar-refractivity contribution is 5.93. The van der Waals surface area contributed by atoms with Gasteiger partial charge in [0.1, 0.15) is 6.04 Å².